The van der Waals surface area contributed by atoms with Gasteiger partial charge in [-0.3, -0.25) is 4.79 Å². The molecular formula is C11H18NO3-. The van der Waals surface area contributed by atoms with Crippen molar-refractivity contribution >= 4 is 11.9 Å². The van der Waals surface area contributed by atoms with Crippen molar-refractivity contribution < 1.29 is 14.7 Å². The topological polar surface area (TPSA) is 83.2 Å². The number of amides is 1. The standard InChI is InChI=1S/C11H19NO3/c1-9(2)10(3,7(12)13)5-6-11(9,4)8(14)15/h5-6H2,1-4H3,(H2,12,13)(H,14,15)/p-1/t10-,11-/m0/s1. The van der Waals surface area contributed by atoms with E-state index in [9.17, 15) is 14.7 Å². The number of hydrogen-bond donors (Lipinski definition) is 1. The van der Waals surface area contributed by atoms with Crippen LogP contribution < -0.4 is 10.8 Å². The van der Waals surface area contributed by atoms with Crippen LogP contribution in [-0.4, -0.2) is 11.9 Å². The molecule has 2 atom stereocenters. The van der Waals surface area contributed by atoms with Gasteiger partial charge in [-0.1, -0.05) is 27.7 Å². The van der Waals surface area contributed by atoms with Gasteiger partial charge in [0, 0.05) is 11.4 Å². The first kappa shape index (κ1) is 12.0. The molecule has 4 heteroatoms. The number of carboxylic acids is 1. The largest absolute Gasteiger partial charge is 0.550 e. The summed E-state index contributed by atoms with van der Waals surface area (Å²) < 4.78 is 0. The molecule has 0 bridgehead atoms. The number of hydrogen-bond acceptors (Lipinski definition) is 3. The van der Waals surface area contributed by atoms with Gasteiger partial charge in [-0.05, 0) is 18.3 Å². The lowest BCUT2D eigenvalue weighted by Gasteiger charge is -2.46. The molecule has 0 aromatic rings. The average Bonchev–Trinajstić information content (AvgIpc) is 2.28. The van der Waals surface area contributed by atoms with E-state index in [1.807, 2.05) is 0 Å². The fourth-order valence-corrected chi connectivity index (χ4v) is 2.52. The summed E-state index contributed by atoms with van der Waals surface area (Å²) in [6.45, 7) is 6.93. The quantitative estimate of drug-likeness (QED) is 0.702. The number of carbonyl (C=O) groups excluding carboxylic acids is 2. The Balaban J connectivity index is 3.26. The fourth-order valence-electron chi connectivity index (χ4n) is 2.52. The minimum absolute atomic E-state index is 0.432. The maximum absolute atomic E-state index is 11.5. The summed E-state index contributed by atoms with van der Waals surface area (Å²) in [6, 6.07) is 0. The van der Waals surface area contributed by atoms with Crippen LogP contribution in [0.15, 0.2) is 0 Å². The van der Waals surface area contributed by atoms with E-state index in [1.165, 1.54) is 0 Å². The SMILES string of the molecule is CC1(C)[C@](C)(C(N)=O)CC[C@@]1(C)C(=O)[O-]. The van der Waals surface area contributed by atoms with Crippen LogP contribution >= 0.6 is 0 Å². The summed E-state index contributed by atoms with van der Waals surface area (Å²) in [5.41, 5.74) is 2.92. The Labute approximate surface area is 89.8 Å². The molecule has 0 unspecified atom stereocenters. The predicted octanol–water partition coefficient (Wildman–Crippen LogP) is 0.0542. The Morgan fingerprint density at radius 2 is 1.47 bits per heavy atom. The Morgan fingerprint density at radius 3 is 1.67 bits per heavy atom. The fraction of sp³-hybridized carbons (Fsp3) is 0.818. The van der Waals surface area contributed by atoms with E-state index in [0.29, 0.717) is 12.8 Å². The summed E-state index contributed by atoms with van der Waals surface area (Å²) in [7, 11) is 0. The summed E-state index contributed by atoms with van der Waals surface area (Å²) in [5, 5.41) is 11.2. The molecule has 1 amide bonds. The molecule has 4 nitrogen and oxygen atoms in total. The highest BCUT2D eigenvalue weighted by Gasteiger charge is 2.61. The van der Waals surface area contributed by atoms with Crippen LogP contribution in [0.1, 0.15) is 40.5 Å². The van der Waals surface area contributed by atoms with Crippen LogP contribution in [0, 0.1) is 16.2 Å². The zero-order valence-electron chi connectivity index (χ0n) is 9.72. The van der Waals surface area contributed by atoms with Crippen LogP contribution in [-0.2, 0) is 9.59 Å². The number of rotatable bonds is 2. The molecule has 0 saturated heterocycles. The second-order valence-electron chi connectivity index (χ2n) is 5.44. The van der Waals surface area contributed by atoms with E-state index in [-0.39, 0.29) is 0 Å². The smallest absolute Gasteiger partial charge is 0.223 e. The lowest BCUT2D eigenvalue weighted by atomic mass is 9.59. The van der Waals surface area contributed by atoms with E-state index in [2.05, 4.69) is 0 Å². The van der Waals surface area contributed by atoms with E-state index in [4.69, 9.17) is 5.73 Å². The summed E-state index contributed by atoms with van der Waals surface area (Å²) in [5.74, 6) is -1.53. The van der Waals surface area contributed by atoms with Gasteiger partial charge in [0.2, 0.25) is 5.91 Å². The maximum Gasteiger partial charge on any atom is 0.223 e. The molecule has 2 N–H and O–H groups in total. The van der Waals surface area contributed by atoms with E-state index >= 15 is 0 Å². The Bertz CT molecular complexity index is 294. The second kappa shape index (κ2) is 2.97. The van der Waals surface area contributed by atoms with Crippen molar-refractivity contribution in [3.05, 3.63) is 0 Å². The molecule has 1 saturated carbocycles. The molecule has 86 valence electrons. The van der Waals surface area contributed by atoms with Gasteiger partial charge in [-0.2, -0.15) is 0 Å². The first-order chi connectivity index (χ1) is 6.59. The van der Waals surface area contributed by atoms with Gasteiger partial charge in [-0.15, -0.1) is 0 Å². The molecule has 1 fully saturated rings. The number of primary amides is 1. The second-order valence-corrected chi connectivity index (χ2v) is 5.44. The van der Waals surface area contributed by atoms with Crippen LogP contribution in [0.3, 0.4) is 0 Å². The molecule has 15 heavy (non-hydrogen) atoms. The van der Waals surface area contributed by atoms with Crippen LogP contribution in [0.2, 0.25) is 0 Å². The Kier molecular flexibility index (Phi) is 2.38. The lowest BCUT2D eigenvalue weighted by molar-refractivity contribution is -0.323. The van der Waals surface area contributed by atoms with Gasteiger partial charge in [0.15, 0.2) is 0 Å². The van der Waals surface area contributed by atoms with Crippen molar-refractivity contribution in [3.63, 3.8) is 0 Å². The molecule has 0 aromatic heterocycles. The summed E-state index contributed by atoms with van der Waals surface area (Å²) >= 11 is 0. The van der Waals surface area contributed by atoms with Crippen molar-refractivity contribution in [2.75, 3.05) is 0 Å². The monoisotopic (exact) mass is 212 g/mol. The normalized spacial score (nSPS) is 38.9. The van der Waals surface area contributed by atoms with Crippen molar-refractivity contribution in [2.24, 2.45) is 22.0 Å². The first-order valence-electron chi connectivity index (χ1n) is 5.11. The number of carbonyl (C=O) groups is 2. The third-order valence-electron chi connectivity index (χ3n) is 4.88. The molecular weight excluding hydrogens is 194 g/mol. The predicted molar refractivity (Wildman–Crippen MR) is 53.4 cm³/mol. The zero-order valence-corrected chi connectivity index (χ0v) is 9.72. The molecule has 0 heterocycles. The third kappa shape index (κ3) is 1.20. The lowest BCUT2D eigenvalue weighted by Crippen LogP contribution is -2.53. The third-order valence-corrected chi connectivity index (χ3v) is 4.88. The van der Waals surface area contributed by atoms with Gasteiger partial charge in [-0.25, -0.2) is 0 Å². The van der Waals surface area contributed by atoms with Gasteiger partial charge in [0.25, 0.3) is 0 Å². The van der Waals surface area contributed by atoms with E-state index < -0.39 is 28.1 Å². The summed E-state index contributed by atoms with van der Waals surface area (Å²) in [6.07, 6.45) is 0.932. The van der Waals surface area contributed by atoms with E-state index in [0.717, 1.165) is 0 Å². The first-order valence-corrected chi connectivity index (χ1v) is 5.11. The molecule has 0 spiro atoms. The highest BCUT2D eigenvalue weighted by Crippen LogP contribution is 2.62. The van der Waals surface area contributed by atoms with E-state index in [1.54, 1.807) is 27.7 Å². The number of aliphatic carboxylic acids is 1. The highest BCUT2D eigenvalue weighted by molar-refractivity contribution is 5.85. The van der Waals surface area contributed by atoms with Crippen molar-refractivity contribution in [1.82, 2.24) is 0 Å². The molecule has 1 aliphatic carbocycles. The van der Waals surface area contributed by atoms with Crippen molar-refractivity contribution in [2.45, 2.75) is 40.5 Å². The van der Waals surface area contributed by atoms with Crippen molar-refractivity contribution in [1.29, 1.82) is 0 Å². The molecule has 0 aliphatic heterocycles. The van der Waals surface area contributed by atoms with Gasteiger partial charge in [0.05, 0.1) is 5.41 Å². The maximum atomic E-state index is 11.5. The van der Waals surface area contributed by atoms with Crippen LogP contribution in [0.4, 0.5) is 0 Å². The van der Waals surface area contributed by atoms with Crippen LogP contribution in [0.25, 0.3) is 0 Å². The van der Waals surface area contributed by atoms with Gasteiger partial charge < -0.3 is 15.6 Å². The molecule has 1 aliphatic rings. The average molecular weight is 212 g/mol. The Hall–Kier alpha value is -1.06. The summed E-state index contributed by atoms with van der Waals surface area (Å²) in [4.78, 5) is 22.6. The highest BCUT2D eigenvalue weighted by atomic mass is 16.4. The van der Waals surface area contributed by atoms with Gasteiger partial charge in [0.1, 0.15) is 0 Å². The number of nitrogens with two attached hydrogens (primary N) is 1. The molecule has 0 aromatic carbocycles. The molecule has 0 radical (unpaired) electrons. The molecule has 1 rings (SSSR count). The van der Waals surface area contributed by atoms with Crippen molar-refractivity contribution in [3.8, 4) is 0 Å². The zero-order chi connectivity index (χ0) is 12.1. The number of carboxylic acid groups (broad SMARTS) is 1. The minimum Gasteiger partial charge on any atom is -0.550 e. The minimum atomic E-state index is -1.10. The van der Waals surface area contributed by atoms with Gasteiger partial charge >= 0.3 is 0 Å². The Morgan fingerprint density at radius 1 is 1.07 bits per heavy atom. The van der Waals surface area contributed by atoms with Crippen LogP contribution in [0.5, 0.6) is 0 Å².